The Hall–Kier alpha value is -2.81. The molecule has 2 aromatic carbocycles. The second-order valence-corrected chi connectivity index (χ2v) is 12.6. The minimum Gasteiger partial charge on any atom is -0.488 e. The Kier molecular flexibility index (Phi) is 18.6. The number of benzene rings is 2. The molecule has 1 amide bonds. The van der Waals surface area contributed by atoms with Crippen LogP contribution < -0.4 is 9.47 Å². The topological polar surface area (TPSA) is 77.5 Å². The molecule has 0 spiro atoms. The van der Waals surface area contributed by atoms with Gasteiger partial charge in [0.1, 0.15) is 23.7 Å². The number of nitrogens with zero attached hydrogens (tertiary/aromatic N) is 1. The van der Waals surface area contributed by atoms with Crippen molar-refractivity contribution in [1.29, 1.82) is 0 Å². The molecule has 7 nitrogen and oxygen atoms in total. The Morgan fingerprint density at radius 3 is 1.67 bits per heavy atom. The quantitative estimate of drug-likeness (QED) is 0.0842. The zero-order valence-corrected chi connectivity index (χ0v) is 28.6. The van der Waals surface area contributed by atoms with Crippen LogP contribution in [-0.2, 0) is 14.1 Å². The monoisotopic (exact) mass is 635 g/mol. The fourth-order valence-electron chi connectivity index (χ4n) is 5.73. The highest BCUT2D eigenvalue weighted by atomic mass is 16.7. The third kappa shape index (κ3) is 15.2. The van der Waals surface area contributed by atoms with Crippen molar-refractivity contribution in [1.82, 2.24) is 4.90 Å². The number of carbonyl (C=O) groups is 1. The van der Waals surface area contributed by atoms with Gasteiger partial charge >= 0.3 is 7.32 Å². The average Bonchev–Trinajstić information content (AvgIpc) is 3.05. The van der Waals surface area contributed by atoms with Gasteiger partial charge in [0.15, 0.2) is 0 Å². The van der Waals surface area contributed by atoms with Crippen molar-refractivity contribution >= 4 is 13.2 Å². The molecule has 1 heterocycles. The molecule has 0 radical (unpaired) electrons. The number of hydrogen-bond donors (Lipinski definition) is 1. The lowest BCUT2D eigenvalue weighted by atomic mass is 10.0. The molecule has 1 aliphatic heterocycles. The van der Waals surface area contributed by atoms with Crippen LogP contribution in [0.25, 0.3) is 0 Å². The van der Waals surface area contributed by atoms with E-state index < -0.39 is 31.7 Å². The maximum absolute atomic E-state index is 13.6. The van der Waals surface area contributed by atoms with Crippen LogP contribution in [0.4, 0.5) is 0 Å². The first-order valence-corrected chi connectivity index (χ1v) is 17.8. The predicted octanol–water partition coefficient (Wildman–Crippen LogP) is 8.55. The van der Waals surface area contributed by atoms with Gasteiger partial charge in [-0.1, -0.05) is 107 Å². The molecule has 0 saturated carbocycles. The van der Waals surface area contributed by atoms with Crippen molar-refractivity contribution in [3.05, 3.63) is 72.8 Å². The summed E-state index contributed by atoms with van der Waals surface area (Å²) in [5.41, 5.74) is 0. The molecule has 46 heavy (non-hydrogen) atoms. The van der Waals surface area contributed by atoms with E-state index in [2.05, 4.69) is 19.1 Å². The van der Waals surface area contributed by atoms with E-state index >= 15 is 0 Å². The van der Waals surface area contributed by atoms with E-state index in [0.29, 0.717) is 17.9 Å². The second kappa shape index (κ2) is 22.7. The van der Waals surface area contributed by atoms with Crippen molar-refractivity contribution in [3.8, 4) is 11.5 Å². The van der Waals surface area contributed by atoms with E-state index in [4.69, 9.17) is 18.8 Å². The van der Waals surface area contributed by atoms with Crippen molar-refractivity contribution in [2.75, 3.05) is 13.1 Å². The van der Waals surface area contributed by atoms with Gasteiger partial charge < -0.3 is 28.7 Å². The number of para-hydroxylation sites is 2. The van der Waals surface area contributed by atoms with Crippen LogP contribution in [-0.4, -0.2) is 60.7 Å². The number of rotatable bonds is 21. The summed E-state index contributed by atoms with van der Waals surface area (Å²) < 4.78 is 24.1. The van der Waals surface area contributed by atoms with Gasteiger partial charge in [-0.05, 0) is 70.2 Å². The maximum Gasteiger partial charge on any atom is 0.637 e. The first kappa shape index (κ1) is 37.7. The first-order chi connectivity index (χ1) is 22.5. The molecule has 0 bridgehead atoms. The highest BCUT2D eigenvalue weighted by Gasteiger charge is 2.38. The Morgan fingerprint density at radius 1 is 0.761 bits per heavy atom. The van der Waals surface area contributed by atoms with Crippen molar-refractivity contribution < 1.29 is 28.6 Å². The van der Waals surface area contributed by atoms with Crippen molar-refractivity contribution in [3.63, 3.8) is 0 Å². The van der Waals surface area contributed by atoms with Crippen LogP contribution in [0.1, 0.15) is 111 Å². The van der Waals surface area contributed by atoms with Crippen molar-refractivity contribution in [2.24, 2.45) is 0 Å². The zero-order chi connectivity index (χ0) is 32.8. The lowest BCUT2D eigenvalue weighted by Gasteiger charge is -2.38. The number of carbonyl (C=O) groups excluding carboxylic acids is 1. The molecule has 2 aromatic rings. The largest absolute Gasteiger partial charge is 0.637 e. The summed E-state index contributed by atoms with van der Waals surface area (Å²) in [4.78, 5) is 15.4. The molecule has 0 aliphatic carbocycles. The van der Waals surface area contributed by atoms with Gasteiger partial charge in [0.05, 0.1) is 12.2 Å². The summed E-state index contributed by atoms with van der Waals surface area (Å²) in [6, 6.07) is 19.0. The molecule has 1 fully saturated rings. The van der Waals surface area contributed by atoms with E-state index in [1.807, 2.05) is 74.5 Å². The van der Waals surface area contributed by atoms with Gasteiger partial charge in [0, 0.05) is 19.5 Å². The highest BCUT2D eigenvalue weighted by molar-refractivity contribution is 6.34. The van der Waals surface area contributed by atoms with Crippen LogP contribution >= 0.6 is 0 Å². The third-order valence-electron chi connectivity index (χ3n) is 8.57. The Labute approximate surface area is 278 Å². The molecule has 3 rings (SSSR count). The van der Waals surface area contributed by atoms with Crippen molar-refractivity contribution in [2.45, 2.75) is 135 Å². The summed E-state index contributed by atoms with van der Waals surface area (Å²) >= 11 is 0. The van der Waals surface area contributed by atoms with Gasteiger partial charge in [0.2, 0.25) is 5.91 Å². The van der Waals surface area contributed by atoms with Gasteiger partial charge in [-0.2, -0.15) is 0 Å². The van der Waals surface area contributed by atoms with Crippen LogP contribution in [0.3, 0.4) is 0 Å². The zero-order valence-electron chi connectivity index (χ0n) is 28.6. The number of amides is 1. The Balaban J connectivity index is 1.46. The lowest BCUT2D eigenvalue weighted by Crippen LogP contribution is -2.56. The summed E-state index contributed by atoms with van der Waals surface area (Å²) in [5, 5.41) is 10.7. The molecule has 1 saturated heterocycles. The summed E-state index contributed by atoms with van der Waals surface area (Å²) in [5.74, 6) is 1.45. The third-order valence-corrected chi connectivity index (χ3v) is 8.57. The van der Waals surface area contributed by atoms with Gasteiger partial charge in [0.25, 0.3) is 0 Å². The molecule has 4 atom stereocenters. The number of hydrogen-bond acceptors (Lipinski definition) is 6. The fourth-order valence-corrected chi connectivity index (χ4v) is 5.73. The molecule has 0 aromatic heterocycles. The Morgan fingerprint density at radius 2 is 1.20 bits per heavy atom. The average molecular weight is 636 g/mol. The molecule has 8 heteroatoms. The smallest absolute Gasteiger partial charge is 0.488 e. The molecular weight excluding hydrogens is 577 g/mol. The standard InChI is InChI=1S/C38H58BNO6/c1-4-5-6-7-8-9-10-11-12-13-14-15-16-17-24-29-38(41)40-30-36(32(2)43-34-25-20-18-21-26-34)45-39(42)46-37(31-40)33(3)44-35-27-22-19-23-28-35/h11-12,18-23,25-28,32-33,36-37,42H,4-10,13-17,24,29-31H2,1-3H3. The number of ether oxygens (including phenoxy) is 2. The summed E-state index contributed by atoms with van der Waals surface area (Å²) in [6.07, 6.45) is 19.0. The van der Waals surface area contributed by atoms with Gasteiger partial charge in [-0.3, -0.25) is 4.79 Å². The predicted molar refractivity (Wildman–Crippen MR) is 187 cm³/mol. The van der Waals surface area contributed by atoms with E-state index in [1.165, 1.54) is 57.8 Å². The molecular formula is C38H58BNO6. The van der Waals surface area contributed by atoms with Gasteiger partial charge in [-0.15, -0.1) is 0 Å². The van der Waals surface area contributed by atoms with E-state index in [0.717, 1.165) is 25.7 Å². The Bertz CT molecular complexity index is 1030. The van der Waals surface area contributed by atoms with E-state index in [-0.39, 0.29) is 19.0 Å². The summed E-state index contributed by atoms with van der Waals surface area (Å²) in [6.45, 7) is 6.60. The number of allylic oxidation sites excluding steroid dienone is 2. The lowest BCUT2D eigenvalue weighted by molar-refractivity contribution is -0.139. The number of unbranched alkanes of at least 4 members (excludes halogenated alkanes) is 11. The normalized spacial score (nSPS) is 18.6. The molecule has 1 aliphatic rings. The SMILES string of the molecule is CCCCCCCCC=CCCCCCCCC(=O)N1CC(C(C)Oc2ccccc2)OB(O)OC(C(C)Oc2ccccc2)C1. The van der Waals surface area contributed by atoms with Crippen LogP contribution in [0.15, 0.2) is 72.8 Å². The van der Waals surface area contributed by atoms with Crippen LogP contribution in [0.5, 0.6) is 11.5 Å². The highest BCUT2D eigenvalue weighted by Crippen LogP contribution is 2.22. The fraction of sp³-hybridized carbons (Fsp3) is 0.605. The second-order valence-electron chi connectivity index (χ2n) is 12.6. The minimum atomic E-state index is -1.47. The van der Waals surface area contributed by atoms with Gasteiger partial charge in [-0.25, -0.2) is 0 Å². The molecule has 4 unspecified atom stereocenters. The molecule has 254 valence electrons. The first-order valence-electron chi connectivity index (χ1n) is 17.8. The van der Waals surface area contributed by atoms with E-state index in [1.54, 1.807) is 4.90 Å². The molecule has 1 N–H and O–H groups in total. The van der Waals surface area contributed by atoms with E-state index in [9.17, 15) is 9.82 Å². The maximum atomic E-state index is 13.6. The minimum absolute atomic E-state index is 0.0510. The van der Waals surface area contributed by atoms with Crippen LogP contribution in [0, 0.1) is 0 Å². The van der Waals surface area contributed by atoms with Crippen LogP contribution in [0.2, 0.25) is 0 Å². The summed E-state index contributed by atoms with van der Waals surface area (Å²) in [7, 11) is -1.47.